The van der Waals surface area contributed by atoms with Gasteiger partial charge in [-0.2, -0.15) is 5.48 Å². The predicted molar refractivity (Wildman–Crippen MR) is 28.9 cm³/mol. The number of rotatable bonds is 3. The van der Waals surface area contributed by atoms with Gasteiger partial charge >= 0.3 is 5.97 Å². The Kier molecular flexibility index (Phi) is 3.38. The Hall–Kier alpha value is -1.10. The van der Waals surface area contributed by atoms with E-state index in [1.54, 1.807) is 5.48 Å². The summed E-state index contributed by atoms with van der Waals surface area (Å²) < 4.78 is 0. The maximum Gasteiger partial charge on any atom is 0.348 e. The molecule has 1 amide bonds. The summed E-state index contributed by atoms with van der Waals surface area (Å²) in [5.74, 6) is -0.665. The highest BCUT2D eigenvalue weighted by molar-refractivity contribution is 5.75. The van der Waals surface area contributed by atoms with Gasteiger partial charge in [-0.1, -0.05) is 0 Å². The molecule has 0 saturated carbocycles. The molecule has 3 N–H and O–H groups in total. The lowest BCUT2D eigenvalue weighted by atomic mass is 10.4. The summed E-state index contributed by atoms with van der Waals surface area (Å²) in [7, 11) is 0. The van der Waals surface area contributed by atoms with Crippen molar-refractivity contribution in [2.45, 2.75) is 13.0 Å². The molecule has 0 aliphatic carbocycles. The normalized spacial score (nSPS) is 11.8. The molecule has 0 rings (SSSR count). The van der Waals surface area contributed by atoms with Gasteiger partial charge in [-0.3, -0.25) is 4.79 Å². The van der Waals surface area contributed by atoms with E-state index in [0.717, 1.165) is 0 Å². The monoisotopic (exact) mass is 132 g/mol. The number of hydroxylamine groups is 1. The summed E-state index contributed by atoms with van der Waals surface area (Å²) in [6.45, 7) is 1.45. The van der Waals surface area contributed by atoms with Crippen molar-refractivity contribution in [3.8, 4) is 0 Å². The van der Waals surface area contributed by atoms with Crippen molar-refractivity contribution in [1.82, 2.24) is 5.48 Å². The van der Waals surface area contributed by atoms with E-state index in [4.69, 9.17) is 5.73 Å². The van der Waals surface area contributed by atoms with Crippen LogP contribution in [-0.2, 0) is 14.4 Å². The molecule has 0 heterocycles. The molecule has 0 unspecified atom stereocenters. The fourth-order valence-corrected chi connectivity index (χ4v) is 0.175. The molecule has 0 aromatic rings. The molecule has 52 valence electrons. The molecule has 0 aromatic heterocycles. The quantitative estimate of drug-likeness (QED) is 0.363. The zero-order valence-electron chi connectivity index (χ0n) is 4.96. The average molecular weight is 132 g/mol. The molecule has 1 atom stereocenters. The smallest absolute Gasteiger partial charge is 0.339 e. The van der Waals surface area contributed by atoms with Gasteiger partial charge in [-0.05, 0) is 6.92 Å². The number of carbonyl (C=O) groups is 2. The van der Waals surface area contributed by atoms with Crippen LogP contribution < -0.4 is 11.2 Å². The molecule has 0 aromatic carbocycles. The molecule has 0 aliphatic heterocycles. The van der Waals surface area contributed by atoms with Gasteiger partial charge in [0.05, 0.1) is 0 Å². The minimum atomic E-state index is -0.711. The van der Waals surface area contributed by atoms with Crippen LogP contribution in [0, 0.1) is 0 Å². The first-order chi connectivity index (χ1) is 4.18. The first kappa shape index (κ1) is 7.90. The highest BCUT2D eigenvalue weighted by atomic mass is 16.7. The summed E-state index contributed by atoms with van der Waals surface area (Å²) >= 11 is 0. The van der Waals surface area contributed by atoms with Crippen LogP contribution in [0.1, 0.15) is 6.92 Å². The van der Waals surface area contributed by atoms with E-state index >= 15 is 0 Å². The minimum Gasteiger partial charge on any atom is -0.339 e. The third kappa shape index (κ3) is 3.48. The number of nitrogens with one attached hydrogen (secondary N) is 1. The van der Waals surface area contributed by atoms with Crippen molar-refractivity contribution < 1.29 is 14.4 Å². The lowest BCUT2D eigenvalue weighted by molar-refractivity contribution is -0.155. The second kappa shape index (κ2) is 3.85. The fraction of sp³-hybridized carbons (Fsp3) is 0.500. The second-order valence-electron chi connectivity index (χ2n) is 1.45. The SMILES string of the molecule is C[C@H](N)C(=O)ONC=O. The molecule has 5 nitrogen and oxygen atoms in total. The van der Waals surface area contributed by atoms with Crippen LogP contribution in [0.2, 0.25) is 0 Å². The van der Waals surface area contributed by atoms with Crippen LogP contribution in [0.3, 0.4) is 0 Å². The van der Waals surface area contributed by atoms with Crippen molar-refractivity contribution in [3.63, 3.8) is 0 Å². The molecule has 0 aliphatic rings. The van der Waals surface area contributed by atoms with Gasteiger partial charge in [-0.15, -0.1) is 0 Å². The maximum absolute atomic E-state index is 10.3. The number of carbonyl (C=O) groups excluding carboxylic acids is 2. The molecule has 0 saturated heterocycles. The third-order valence-electron chi connectivity index (χ3n) is 0.579. The first-order valence-electron chi connectivity index (χ1n) is 2.34. The Bertz CT molecular complexity index is 112. The number of amides is 1. The van der Waals surface area contributed by atoms with Crippen LogP contribution in [0.5, 0.6) is 0 Å². The summed E-state index contributed by atoms with van der Waals surface area (Å²) in [5.41, 5.74) is 6.77. The Labute approximate surface area is 52.1 Å². The van der Waals surface area contributed by atoms with Crippen LogP contribution in [0.4, 0.5) is 0 Å². The van der Waals surface area contributed by atoms with Crippen LogP contribution in [0.15, 0.2) is 0 Å². The molecule has 0 radical (unpaired) electrons. The number of hydrogen-bond donors (Lipinski definition) is 2. The van der Waals surface area contributed by atoms with Gasteiger partial charge in [0.2, 0.25) is 6.41 Å². The Morgan fingerprint density at radius 3 is 2.78 bits per heavy atom. The van der Waals surface area contributed by atoms with E-state index in [-0.39, 0.29) is 6.41 Å². The van der Waals surface area contributed by atoms with E-state index in [1.807, 2.05) is 0 Å². The zero-order valence-corrected chi connectivity index (χ0v) is 4.96. The van der Waals surface area contributed by atoms with Gasteiger partial charge in [0.1, 0.15) is 6.04 Å². The van der Waals surface area contributed by atoms with Crippen LogP contribution >= 0.6 is 0 Å². The first-order valence-corrected chi connectivity index (χ1v) is 2.34. The van der Waals surface area contributed by atoms with Crippen molar-refractivity contribution in [2.75, 3.05) is 0 Å². The summed E-state index contributed by atoms with van der Waals surface area (Å²) in [6.07, 6.45) is 0.250. The van der Waals surface area contributed by atoms with Gasteiger partial charge < -0.3 is 10.6 Å². The molecule has 0 bridgehead atoms. The van der Waals surface area contributed by atoms with E-state index < -0.39 is 12.0 Å². The molecule has 0 fully saturated rings. The topological polar surface area (TPSA) is 81.4 Å². The highest BCUT2D eigenvalue weighted by Crippen LogP contribution is 1.76. The standard InChI is InChI=1S/C4H8N2O3/c1-3(5)4(8)9-6-2-7/h2-3H,5H2,1H3,(H,6,7)/t3-/m0/s1. The summed E-state index contributed by atoms with van der Waals surface area (Å²) in [6, 6.07) is -0.711. The predicted octanol–water partition coefficient (Wildman–Crippen LogP) is -1.46. The van der Waals surface area contributed by atoms with E-state index in [1.165, 1.54) is 6.92 Å². The minimum absolute atomic E-state index is 0.250. The Morgan fingerprint density at radius 1 is 1.89 bits per heavy atom. The second-order valence-corrected chi connectivity index (χ2v) is 1.45. The van der Waals surface area contributed by atoms with Crippen molar-refractivity contribution in [1.29, 1.82) is 0 Å². The van der Waals surface area contributed by atoms with Gasteiger partial charge in [0.25, 0.3) is 0 Å². The van der Waals surface area contributed by atoms with Gasteiger partial charge in [-0.25, -0.2) is 4.79 Å². The number of nitrogens with two attached hydrogens (primary N) is 1. The lowest BCUT2D eigenvalue weighted by Gasteiger charge is -2.01. The van der Waals surface area contributed by atoms with Crippen molar-refractivity contribution in [3.05, 3.63) is 0 Å². The maximum atomic E-state index is 10.3. The van der Waals surface area contributed by atoms with Crippen LogP contribution in [-0.4, -0.2) is 18.4 Å². The molecular formula is C4H8N2O3. The molecule has 5 heteroatoms. The lowest BCUT2D eigenvalue weighted by Crippen LogP contribution is -2.32. The van der Waals surface area contributed by atoms with E-state index in [0.29, 0.717) is 0 Å². The summed E-state index contributed by atoms with van der Waals surface area (Å²) in [4.78, 5) is 23.9. The highest BCUT2D eigenvalue weighted by Gasteiger charge is 2.07. The van der Waals surface area contributed by atoms with Crippen molar-refractivity contribution >= 4 is 12.4 Å². The van der Waals surface area contributed by atoms with Gasteiger partial charge in [0, 0.05) is 0 Å². The fourth-order valence-electron chi connectivity index (χ4n) is 0.175. The summed E-state index contributed by atoms with van der Waals surface area (Å²) in [5, 5.41) is 0. The van der Waals surface area contributed by atoms with Crippen LogP contribution in [0.25, 0.3) is 0 Å². The average Bonchev–Trinajstić information content (AvgIpc) is 1.82. The molecule has 9 heavy (non-hydrogen) atoms. The number of hydrogen-bond acceptors (Lipinski definition) is 4. The zero-order chi connectivity index (χ0) is 7.28. The van der Waals surface area contributed by atoms with E-state index in [9.17, 15) is 9.59 Å². The van der Waals surface area contributed by atoms with Gasteiger partial charge in [0.15, 0.2) is 0 Å². The Balaban J connectivity index is 3.38. The van der Waals surface area contributed by atoms with E-state index in [2.05, 4.69) is 4.84 Å². The Morgan fingerprint density at radius 2 is 2.44 bits per heavy atom. The molecular weight excluding hydrogens is 124 g/mol. The largest absolute Gasteiger partial charge is 0.348 e. The molecule has 0 spiro atoms. The van der Waals surface area contributed by atoms with Crippen molar-refractivity contribution in [2.24, 2.45) is 5.73 Å². The third-order valence-corrected chi connectivity index (χ3v) is 0.579.